The largest absolute Gasteiger partial charge is 0.375 e. The fourth-order valence-electron chi connectivity index (χ4n) is 1.99. The maximum absolute atomic E-state index is 4.35. The number of hydrogen-bond donors (Lipinski definition) is 1. The maximum Gasteiger partial charge on any atom is 0.0885 e. The van der Waals surface area contributed by atoms with Crippen LogP contribution in [0.3, 0.4) is 0 Å². The molecule has 0 fully saturated rings. The summed E-state index contributed by atoms with van der Waals surface area (Å²) in [6.45, 7) is 11.3. The van der Waals surface area contributed by atoms with Crippen molar-refractivity contribution in [1.82, 2.24) is 15.1 Å². The third-order valence-corrected chi connectivity index (χ3v) is 3.29. The molecule has 0 saturated heterocycles. The molecule has 0 bridgehead atoms. The minimum absolute atomic E-state index is 0.700. The number of nitrogens with zero attached hydrogens (tertiary/aromatic N) is 3. The van der Waals surface area contributed by atoms with Crippen molar-refractivity contribution in [3.8, 4) is 0 Å². The second kappa shape index (κ2) is 8.75. The number of aliphatic imine (C=N–C) groups is 1. The van der Waals surface area contributed by atoms with Crippen LogP contribution in [0.2, 0.25) is 0 Å². The van der Waals surface area contributed by atoms with Crippen molar-refractivity contribution in [2.75, 3.05) is 39.9 Å². The van der Waals surface area contributed by atoms with E-state index in [1.54, 1.807) is 0 Å². The molecule has 0 saturated carbocycles. The van der Waals surface area contributed by atoms with Crippen LogP contribution in [0.15, 0.2) is 28.5 Å². The van der Waals surface area contributed by atoms with Gasteiger partial charge in [0.2, 0.25) is 0 Å². The molecule has 1 heterocycles. The molecule has 108 valence electrons. The van der Waals surface area contributed by atoms with Gasteiger partial charge in [-0.3, -0.25) is 10.3 Å². The average Bonchev–Trinajstić information content (AvgIpc) is 2.38. The quantitative estimate of drug-likeness (QED) is 0.564. The summed E-state index contributed by atoms with van der Waals surface area (Å²) < 4.78 is 0. The Hall–Kier alpha value is -1.29. The number of nitrogens with one attached hydrogen (secondary N) is 1. The topological polar surface area (TPSA) is 30.9 Å². The van der Waals surface area contributed by atoms with Crippen molar-refractivity contribution in [2.24, 2.45) is 4.99 Å². The highest BCUT2D eigenvalue weighted by atomic mass is 15.2. The van der Waals surface area contributed by atoms with Crippen LogP contribution in [0, 0.1) is 0 Å². The van der Waals surface area contributed by atoms with Gasteiger partial charge >= 0.3 is 0 Å². The zero-order valence-corrected chi connectivity index (χ0v) is 12.8. The van der Waals surface area contributed by atoms with Crippen LogP contribution in [0.5, 0.6) is 0 Å². The van der Waals surface area contributed by atoms with E-state index in [1.165, 1.54) is 11.3 Å². The van der Waals surface area contributed by atoms with E-state index in [-0.39, 0.29) is 0 Å². The second-order valence-corrected chi connectivity index (χ2v) is 5.05. The normalized spacial score (nSPS) is 17.3. The first kappa shape index (κ1) is 15.8. The fourth-order valence-corrected chi connectivity index (χ4v) is 1.99. The van der Waals surface area contributed by atoms with Crippen molar-refractivity contribution in [1.29, 1.82) is 0 Å². The Morgan fingerprint density at radius 3 is 2.95 bits per heavy atom. The lowest BCUT2D eigenvalue weighted by Crippen LogP contribution is -2.38. The maximum atomic E-state index is 4.35. The van der Waals surface area contributed by atoms with Gasteiger partial charge < -0.3 is 9.80 Å². The van der Waals surface area contributed by atoms with E-state index >= 15 is 0 Å². The van der Waals surface area contributed by atoms with E-state index < -0.39 is 0 Å². The lowest BCUT2D eigenvalue weighted by Gasteiger charge is -2.32. The van der Waals surface area contributed by atoms with Crippen molar-refractivity contribution >= 4 is 6.21 Å². The third kappa shape index (κ3) is 6.43. The predicted molar refractivity (Wildman–Crippen MR) is 83.4 cm³/mol. The molecule has 0 aliphatic carbocycles. The number of allylic oxidation sites excluding steroid dienone is 3. The summed E-state index contributed by atoms with van der Waals surface area (Å²) in [7, 11) is 2.14. The second-order valence-electron chi connectivity index (χ2n) is 5.05. The molecule has 0 unspecified atom stereocenters. The monoisotopic (exact) mass is 264 g/mol. The highest BCUT2D eigenvalue weighted by Gasteiger charge is 2.10. The number of rotatable bonds is 7. The van der Waals surface area contributed by atoms with E-state index in [1.807, 2.05) is 6.21 Å². The van der Waals surface area contributed by atoms with E-state index in [9.17, 15) is 0 Å². The molecule has 0 aromatic rings. The van der Waals surface area contributed by atoms with Crippen LogP contribution in [0.4, 0.5) is 0 Å². The van der Waals surface area contributed by atoms with Crippen LogP contribution in [-0.4, -0.2) is 55.9 Å². The highest BCUT2D eigenvalue weighted by Crippen LogP contribution is 2.08. The number of hydrogen-bond acceptors (Lipinski definition) is 4. The zero-order chi connectivity index (χ0) is 14.1. The van der Waals surface area contributed by atoms with Crippen molar-refractivity contribution in [3.05, 3.63) is 23.5 Å². The standard InChI is InChI=1S/C15H28N4/c1-5-6-14(2)11-17-13-16-7-8-19-10-9-18(4)15(3)12-19/h6,11-12,16H,5,7-10,13H2,1-4H3/b14-6-,17-11-. The number of likely N-dealkylation sites (N-methyl/N-ethyl adjacent to an activating group) is 1. The minimum atomic E-state index is 0.700. The van der Waals surface area contributed by atoms with Gasteiger partial charge in [-0.2, -0.15) is 0 Å². The highest BCUT2D eigenvalue weighted by molar-refractivity contribution is 5.77. The Balaban J connectivity index is 2.13. The van der Waals surface area contributed by atoms with Crippen LogP contribution in [0.25, 0.3) is 0 Å². The predicted octanol–water partition coefficient (Wildman–Crippen LogP) is 2.07. The van der Waals surface area contributed by atoms with Gasteiger partial charge in [0.15, 0.2) is 0 Å². The average molecular weight is 264 g/mol. The van der Waals surface area contributed by atoms with Gasteiger partial charge in [-0.1, -0.05) is 13.0 Å². The Morgan fingerprint density at radius 2 is 2.26 bits per heavy atom. The molecule has 1 aliphatic rings. The van der Waals surface area contributed by atoms with Gasteiger partial charge in [0.05, 0.1) is 6.67 Å². The first-order chi connectivity index (χ1) is 9.13. The van der Waals surface area contributed by atoms with Crippen molar-refractivity contribution in [3.63, 3.8) is 0 Å². The summed E-state index contributed by atoms with van der Waals surface area (Å²) in [5.74, 6) is 0. The summed E-state index contributed by atoms with van der Waals surface area (Å²) in [5.41, 5.74) is 2.58. The van der Waals surface area contributed by atoms with Crippen LogP contribution in [0.1, 0.15) is 27.2 Å². The zero-order valence-electron chi connectivity index (χ0n) is 12.8. The molecule has 0 aromatic carbocycles. The Kier molecular flexibility index (Phi) is 7.26. The molecule has 1 aliphatic heterocycles. The van der Waals surface area contributed by atoms with E-state index in [0.29, 0.717) is 6.67 Å². The minimum Gasteiger partial charge on any atom is -0.375 e. The van der Waals surface area contributed by atoms with Crippen molar-refractivity contribution in [2.45, 2.75) is 27.2 Å². The molecule has 1 rings (SSSR count). The molecule has 0 amide bonds. The van der Waals surface area contributed by atoms with Crippen LogP contribution < -0.4 is 5.32 Å². The molecule has 4 nitrogen and oxygen atoms in total. The molecular formula is C15H28N4. The lowest BCUT2D eigenvalue weighted by molar-refractivity contribution is 0.269. The van der Waals surface area contributed by atoms with Crippen LogP contribution >= 0.6 is 0 Å². The van der Waals surface area contributed by atoms with Crippen molar-refractivity contribution < 1.29 is 0 Å². The van der Waals surface area contributed by atoms with Gasteiger partial charge in [0.1, 0.15) is 0 Å². The molecule has 0 spiro atoms. The van der Waals surface area contributed by atoms with Gasteiger partial charge in [0, 0.05) is 51.3 Å². The molecule has 0 aromatic heterocycles. The van der Waals surface area contributed by atoms with Gasteiger partial charge in [-0.15, -0.1) is 0 Å². The van der Waals surface area contributed by atoms with Crippen LogP contribution in [-0.2, 0) is 0 Å². The van der Waals surface area contributed by atoms with E-state index in [2.05, 4.69) is 60.2 Å². The summed E-state index contributed by atoms with van der Waals surface area (Å²) in [6.07, 6.45) is 7.43. The molecule has 4 heteroatoms. The lowest BCUT2D eigenvalue weighted by atomic mass is 10.3. The SMILES string of the molecule is CC/C=C(C)\C=N/CNCCN1C=C(C)N(C)CC1. The molecule has 1 N–H and O–H groups in total. The molecule has 19 heavy (non-hydrogen) atoms. The molecular weight excluding hydrogens is 236 g/mol. The summed E-state index contributed by atoms with van der Waals surface area (Å²) in [5, 5.41) is 3.35. The Bertz CT molecular complexity index is 344. The summed E-state index contributed by atoms with van der Waals surface area (Å²) in [4.78, 5) is 9.01. The summed E-state index contributed by atoms with van der Waals surface area (Å²) in [6, 6.07) is 0. The Labute approximate surface area is 117 Å². The smallest absolute Gasteiger partial charge is 0.0885 e. The van der Waals surface area contributed by atoms with E-state index in [0.717, 1.165) is 32.6 Å². The van der Waals surface area contributed by atoms with Gasteiger partial charge in [-0.25, -0.2) is 0 Å². The van der Waals surface area contributed by atoms with E-state index in [4.69, 9.17) is 0 Å². The first-order valence-electron chi connectivity index (χ1n) is 7.14. The fraction of sp³-hybridized carbons (Fsp3) is 0.667. The molecule has 0 radical (unpaired) electrons. The van der Waals surface area contributed by atoms with Gasteiger partial charge in [0.25, 0.3) is 0 Å². The summed E-state index contributed by atoms with van der Waals surface area (Å²) >= 11 is 0. The van der Waals surface area contributed by atoms with Gasteiger partial charge in [-0.05, 0) is 25.8 Å². The molecule has 0 atom stereocenters. The third-order valence-electron chi connectivity index (χ3n) is 3.29. The first-order valence-corrected chi connectivity index (χ1v) is 7.14. The Morgan fingerprint density at radius 1 is 1.47 bits per heavy atom.